The van der Waals surface area contributed by atoms with Crippen LogP contribution in [-0.2, 0) is 90.5 Å². The molecule has 0 atom stereocenters. The Balaban J connectivity index is 0.000000320. The van der Waals surface area contributed by atoms with Gasteiger partial charge in [-0.1, -0.05) is 11.6 Å². The number of aromatic carboxylic acids is 1. The molecule has 12 rings (SSSR count). The Morgan fingerprint density at radius 1 is 0.411 bits per heavy atom. The number of alkyl halides is 12. The summed E-state index contributed by atoms with van der Waals surface area (Å²) in [7, 11) is -1.91. The Hall–Kier alpha value is -12.4. The molecule has 29 nitrogen and oxygen atoms in total. The fourth-order valence-corrected chi connectivity index (χ4v) is 10.3. The molecule has 666 valence electrons. The van der Waals surface area contributed by atoms with Gasteiger partial charge in [-0.2, -0.15) is 52.7 Å². The second-order valence-corrected chi connectivity index (χ2v) is 25.6. The number of hydrogen-bond acceptors (Lipinski definition) is 23. The van der Waals surface area contributed by atoms with E-state index in [4.69, 9.17) is 63.8 Å². The number of aromatic nitrogens is 10. The molecule has 0 radical (unpaired) electrons. The molecule has 10 aromatic heterocycles. The number of nitrogens with one attached hydrogen (secondary N) is 1. The van der Waals surface area contributed by atoms with E-state index in [1.54, 1.807) is 47.3 Å². The molecular formula is C76H74BClF16N18O11Pd. The van der Waals surface area contributed by atoms with Gasteiger partial charge in [0.05, 0.1) is 23.8 Å². The Labute approximate surface area is 713 Å². The van der Waals surface area contributed by atoms with Crippen molar-refractivity contribution in [3.05, 3.63) is 244 Å². The minimum atomic E-state index is -4.66. The number of pyridine rings is 10. The van der Waals surface area contributed by atoms with E-state index < -0.39 is 102 Å². The largest absolute Gasteiger partial charge is 0.488 e. The normalized spacial score (nSPS) is 12.3. The molecule has 0 aromatic carbocycles. The summed E-state index contributed by atoms with van der Waals surface area (Å²) in [4.78, 5) is 107. The maximum atomic E-state index is 14.6. The smallest absolute Gasteiger partial charge is 0.481 e. The van der Waals surface area contributed by atoms with E-state index in [2.05, 4.69) is 65.0 Å². The van der Waals surface area contributed by atoms with Gasteiger partial charge in [-0.15, -0.1) is 0 Å². The zero-order valence-electron chi connectivity index (χ0n) is 65.0. The number of aliphatic carboxylic acids is 2. The number of carboxylic acid groups (broad SMARTS) is 3. The molecule has 12 heterocycles. The van der Waals surface area contributed by atoms with Gasteiger partial charge < -0.3 is 67.5 Å². The van der Waals surface area contributed by atoms with Crippen LogP contribution in [0.4, 0.5) is 81.6 Å². The van der Waals surface area contributed by atoms with Gasteiger partial charge >= 0.3 is 37.8 Å². The molecular weight excluding hydrogens is 1800 g/mol. The number of nitrogens with two attached hydrogens (primary N) is 3. The average molecular weight is 1870 g/mol. The van der Waals surface area contributed by atoms with Crippen molar-refractivity contribution in [1.82, 2.24) is 65.0 Å². The van der Waals surface area contributed by atoms with Crippen LogP contribution in [0.15, 0.2) is 159 Å². The second-order valence-electron chi connectivity index (χ2n) is 25.2. The third kappa shape index (κ3) is 34.1. The van der Waals surface area contributed by atoms with Crippen molar-refractivity contribution in [2.45, 2.75) is 78.6 Å². The standard InChI is InChI=1S/C24H22F4N6O2.2C12H9F4N3.C12H15N3O3.C6H5BF3NO2.C6H6ClFN2.2C2H4O2.Pd/c1-15(35)33-6-8-34(9-7-33)18-2-3-20(30-14-18)23(36)32-13-16-10-19(25)22(31-12-16)17-4-5-29-21(11-17)24(26,27)28;2*13-9-3-7(5-17)6-19-11(9)8-1-2-18-10(4-8)12(14,15)16;1-9(16)14-4-6-15(7-5-14)10-2-3-11(12(17)18)13-8-10;8-6(9,10)5-3-4(7(12)13)1-2-11-5;7-6-5(8)1-4(2-9)3-10-6;2*1-2(3)4;/h2-5,10-12,14H,6-9,13H2,1H3,(H,32,36);2*1-4,6H,5,17H2;2-3,8H,4-7H2,1H3,(H,17,18);1-3,12-13H;1,3H,2,9H2;2*1H3,(H,3,4);. The summed E-state index contributed by atoms with van der Waals surface area (Å²) in [6.07, 6.45) is -6.11. The molecule has 12 N–H and O–H groups in total. The van der Waals surface area contributed by atoms with Crippen molar-refractivity contribution in [3.8, 4) is 33.8 Å². The van der Waals surface area contributed by atoms with Gasteiger partial charge in [0.1, 0.15) is 68.7 Å². The Bertz CT molecular complexity index is 5080. The molecule has 0 unspecified atom stereocenters. The molecule has 0 bridgehead atoms. The van der Waals surface area contributed by atoms with Gasteiger partial charge in [0, 0.05) is 193 Å². The Morgan fingerprint density at radius 3 is 1.01 bits per heavy atom. The van der Waals surface area contributed by atoms with Crippen LogP contribution in [0.5, 0.6) is 0 Å². The number of anilines is 2. The summed E-state index contributed by atoms with van der Waals surface area (Å²) in [5, 5.41) is 43.3. The van der Waals surface area contributed by atoms with Crippen LogP contribution >= 0.6 is 11.6 Å². The monoisotopic (exact) mass is 1870 g/mol. The first-order valence-corrected chi connectivity index (χ1v) is 35.7. The van der Waals surface area contributed by atoms with Crippen LogP contribution in [0.2, 0.25) is 5.15 Å². The predicted octanol–water partition coefficient (Wildman–Crippen LogP) is 10.6. The quantitative estimate of drug-likeness (QED) is 0.0294. The van der Waals surface area contributed by atoms with E-state index in [-0.39, 0.29) is 114 Å². The summed E-state index contributed by atoms with van der Waals surface area (Å²) in [5.41, 5.74) is 14.4. The van der Waals surface area contributed by atoms with Gasteiger partial charge in [-0.25, -0.2) is 37.3 Å². The molecule has 48 heteroatoms. The number of halogens is 17. The number of piperazine rings is 2. The van der Waals surface area contributed by atoms with E-state index >= 15 is 0 Å². The van der Waals surface area contributed by atoms with Crippen LogP contribution in [-0.4, -0.2) is 180 Å². The molecule has 0 spiro atoms. The van der Waals surface area contributed by atoms with Crippen molar-refractivity contribution < 1.29 is 145 Å². The maximum absolute atomic E-state index is 14.6. The van der Waals surface area contributed by atoms with Gasteiger partial charge in [-0.05, 0) is 125 Å². The summed E-state index contributed by atoms with van der Waals surface area (Å²) in [5.74, 6) is -5.83. The molecule has 2 fully saturated rings. The third-order valence-electron chi connectivity index (χ3n) is 16.2. The molecule has 0 saturated carbocycles. The van der Waals surface area contributed by atoms with Crippen molar-refractivity contribution in [2.24, 2.45) is 17.2 Å². The Kier molecular flexibility index (Phi) is 40.6. The van der Waals surface area contributed by atoms with Gasteiger partial charge in [-0.3, -0.25) is 58.9 Å². The molecule has 2 aliphatic rings. The number of nitrogens with zero attached hydrogens (tertiary/aromatic N) is 14. The summed E-state index contributed by atoms with van der Waals surface area (Å²) in [6, 6.07) is 19.0. The second kappa shape index (κ2) is 48.5. The third-order valence-corrected chi connectivity index (χ3v) is 16.5. The molecule has 124 heavy (non-hydrogen) atoms. The van der Waals surface area contributed by atoms with Crippen molar-refractivity contribution >= 4 is 71.2 Å². The maximum Gasteiger partial charge on any atom is 0.488 e. The number of hydrogen-bond donors (Lipinski definition) is 9. The van der Waals surface area contributed by atoms with Crippen LogP contribution in [0.25, 0.3) is 33.8 Å². The average Bonchev–Trinajstić information content (AvgIpc) is 0.819. The first-order valence-electron chi connectivity index (χ1n) is 35.3. The topological polar surface area (TPSA) is 436 Å². The number of carboxylic acids is 3. The van der Waals surface area contributed by atoms with E-state index in [0.717, 1.165) is 106 Å². The molecule has 2 aliphatic heterocycles. The number of carbonyl (C=O) groups excluding carboxylic acids is 3. The number of amides is 3. The van der Waals surface area contributed by atoms with Gasteiger partial charge in [0.15, 0.2) is 11.0 Å². The van der Waals surface area contributed by atoms with Crippen molar-refractivity contribution in [2.75, 3.05) is 62.2 Å². The van der Waals surface area contributed by atoms with Crippen LogP contribution in [0, 0.1) is 23.3 Å². The zero-order chi connectivity index (χ0) is 91.9. The van der Waals surface area contributed by atoms with Gasteiger partial charge in [0.25, 0.3) is 17.8 Å². The van der Waals surface area contributed by atoms with E-state index in [9.17, 15) is 89.4 Å². The summed E-state index contributed by atoms with van der Waals surface area (Å²) < 4.78 is 204. The summed E-state index contributed by atoms with van der Waals surface area (Å²) in [6.45, 7) is 11.1. The first-order chi connectivity index (χ1) is 57.6. The minimum absolute atomic E-state index is 0. The van der Waals surface area contributed by atoms with Crippen molar-refractivity contribution in [3.63, 3.8) is 0 Å². The van der Waals surface area contributed by atoms with Crippen LogP contribution < -0.4 is 37.8 Å². The van der Waals surface area contributed by atoms with Crippen LogP contribution in [0.1, 0.15) is 93.7 Å². The molecule has 10 aromatic rings. The first kappa shape index (κ1) is 104. The molecule has 2 saturated heterocycles. The fraction of sp³-hybridized carbons (Fsp3) is 0.263. The Morgan fingerprint density at radius 2 is 0.718 bits per heavy atom. The number of rotatable bonds is 13. The van der Waals surface area contributed by atoms with E-state index in [1.807, 2.05) is 0 Å². The predicted molar refractivity (Wildman–Crippen MR) is 411 cm³/mol. The van der Waals surface area contributed by atoms with E-state index in [0.29, 0.717) is 67.6 Å². The minimum Gasteiger partial charge on any atom is -0.481 e. The molecule has 0 aliphatic carbocycles. The summed E-state index contributed by atoms with van der Waals surface area (Å²) >= 11 is 5.31. The fourth-order valence-electron chi connectivity index (χ4n) is 10.2. The van der Waals surface area contributed by atoms with E-state index in [1.165, 1.54) is 62.0 Å². The molecule has 3 amide bonds. The number of carbonyl (C=O) groups is 6. The van der Waals surface area contributed by atoms with Gasteiger partial charge in [0.2, 0.25) is 11.8 Å². The van der Waals surface area contributed by atoms with Crippen LogP contribution in [0.3, 0.4) is 0 Å². The zero-order valence-corrected chi connectivity index (χ0v) is 67.3. The van der Waals surface area contributed by atoms with Crippen molar-refractivity contribution in [1.29, 1.82) is 0 Å². The SMILES string of the molecule is CC(=O)N1CCN(c2ccc(C(=O)NCc3cnc(-c4ccnc(C(F)(F)F)c4)c(F)c3)nc2)CC1.CC(=O)N1CCN(c2ccc(C(=O)O)nc2)CC1.CC(=O)O.CC(=O)O.NCc1cnc(-c2ccnc(C(F)(F)F)c2)c(F)c1.NCc1cnc(-c2ccnc(C(F)(F)F)c2)c(F)c1.NCc1cnc(Cl)c(F)c1.OB(O)c1ccnc(C(F)(F)F)c1.[Pd].